The molecule has 2 aliphatic heterocycles. The van der Waals surface area contributed by atoms with Crippen LogP contribution in [0.25, 0.3) is 4.96 Å². The van der Waals surface area contributed by atoms with Crippen LogP contribution in [0, 0.1) is 0 Å². The number of hydrogen-bond acceptors (Lipinski definition) is 6. The van der Waals surface area contributed by atoms with Crippen LogP contribution in [0.4, 0.5) is 0 Å². The molecule has 2 aromatic rings. The van der Waals surface area contributed by atoms with E-state index in [9.17, 15) is 9.59 Å². The lowest BCUT2D eigenvalue weighted by Gasteiger charge is -2.46. The third kappa shape index (κ3) is 2.46. The fourth-order valence-electron chi connectivity index (χ4n) is 3.39. The highest BCUT2D eigenvalue weighted by molar-refractivity contribution is 7.15. The highest BCUT2D eigenvalue weighted by atomic mass is 32.1. The zero-order valence-electron chi connectivity index (χ0n) is 12.8. The molecule has 4 rings (SSSR count). The Balaban J connectivity index is 1.59. The number of ether oxygens (including phenoxy) is 1. The van der Waals surface area contributed by atoms with Crippen LogP contribution in [-0.4, -0.2) is 70.0 Å². The zero-order chi connectivity index (χ0) is 16.0. The van der Waals surface area contributed by atoms with Crippen LogP contribution >= 0.6 is 11.3 Å². The molecule has 0 N–H and O–H groups in total. The Morgan fingerprint density at radius 1 is 1.39 bits per heavy atom. The number of carbonyl (C=O) groups excluding carboxylic acids is 1. The Morgan fingerprint density at radius 3 is 3.13 bits per heavy atom. The van der Waals surface area contributed by atoms with Crippen molar-refractivity contribution in [2.24, 2.45) is 0 Å². The summed E-state index contributed by atoms with van der Waals surface area (Å²) in [4.78, 5) is 34.2. The monoisotopic (exact) mass is 334 g/mol. The number of nitrogens with zero attached hydrogens (tertiary/aromatic N) is 4. The third-order valence-corrected chi connectivity index (χ3v) is 5.39. The van der Waals surface area contributed by atoms with Crippen LogP contribution in [0.1, 0.15) is 17.3 Å². The van der Waals surface area contributed by atoms with E-state index in [0.29, 0.717) is 30.7 Å². The molecule has 1 amide bonds. The van der Waals surface area contributed by atoms with E-state index >= 15 is 0 Å². The fourth-order valence-corrected chi connectivity index (χ4v) is 4.07. The van der Waals surface area contributed by atoms with Gasteiger partial charge in [-0.3, -0.25) is 18.9 Å². The van der Waals surface area contributed by atoms with Crippen molar-refractivity contribution < 1.29 is 9.53 Å². The van der Waals surface area contributed by atoms with Gasteiger partial charge in [0.1, 0.15) is 5.56 Å². The molecule has 0 unspecified atom stereocenters. The molecule has 0 aliphatic carbocycles. The quantitative estimate of drug-likeness (QED) is 0.750. The maximum absolute atomic E-state index is 12.8. The van der Waals surface area contributed by atoms with Gasteiger partial charge in [0.25, 0.3) is 11.5 Å². The fraction of sp³-hybridized carbons (Fsp3) is 0.533. The molecule has 2 saturated heterocycles. The maximum atomic E-state index is 12.8. The molecule has 0 aromatic carbocycles. The second-order valence-corrected chi connectivity index (χ2v) is 6.93. The van der Waals surface area contributed by atoms with Gasteiger partial charge in [-0.2, -0.15) is 0 Å². The first-order chi connectivity index (χ1) is 11.1. The Hall–Kier alpha value is -1.77. The van der Waals surface area contributed by atoms with Crippen LogP contribution < -0.4 is 5.56 Å². The summed E-state index contributed by atoms with van der Waals surface area (Å²) in [6.07, 6.45) is 3.06. The van der Waals surface area contributed by atoms with Crippen molar-refractivity contribution >= 4 is 22.2 Å². The van der Waals surface area contributed by atoms with Crippen LogP contribution in [0.2, 0.25) is 0 Å². The summed E-state index contributed by atoms with van der Waals surface area (Å²) in [7, 11) is 0. The summed E-state index contributed by atoms with van der Waals surface area (Å²) >= 11 is 1.38. The number of amides is 1. The van der Waals surface area contributed by atoms with Gasteiger partial charge in [-0.25, -0.2) is 4.98 Å². The number of hydrogen-bond donors (Lipinski definition) is 0. The van der Waals surface area contributed by atoms with Crippen molar-refractivity contribution in [2.75, 3.05) is 32.8 Å². The Labute approximate surface area is 137 Å². The van der Waals surface area contributed by atoms with Gasteiger partial charge in [0.15, 0.2) is 4.96 Å². The zero-order valence-corrected chi connectivity index (χ0v) is 13.7. The molecule has 23 heavy (non-hydrogen) atoms. The summed E-state index contributed by atoms with van der Waals surface area (Å²) in [6.45, 7) is 5.56. The van der Waals surface area contributed by atoms with E-state index < -0.39 is 0 Å². The molecule has 4 heterocycles. The summed E-state index contributed by atoms with van der Waals surface area (Å²) in [6, 6.07) is 0.581. The number of piperazine rings is 1. The normalized spacial score (nSPS) is 25.5. The molecule has 0 saturated carbocycles. The molecule has 2 atom stereocenters. The van der Waals surface area contributed by atoms with E-state index in [4.69, 9.17) is 4.74 Å². The van der Waals surface area contributed by atoms with Crippen LogP contribution in [0.15, 0.2) is 22.6 Å². The maximum Gasteiger partial charge on any atom is 0.271 e. The van der Waals surface area contributed by atoms with Crippen molar-refractivity contribution in [2.45, 2.75) is 19.0 Å². The molecule has 0 spiro atoms. The minimum atomic E-state index is -0.294. The number of thiazole rings is 1. The molecule has 2 aromatic heterocycles. The van der Waals surface area contributed by atoms with Crippen molar-refractivity contribution in [1.29, 1.82) is 0 Å². The molecule has 0 radical (unpaired) electrons. The average Bonchev–Trinajstić information content (AvgIpc) is 3.04. The van der Waals surface area contributed by atoms with Crippen molar-refractivity contribution in [3.8, 4) is 0 Å². The van der Waals surface area contributed by atoms with E-state index in [2.05, 4.69) is 16.8 Å². The largest absolute Gasteiger partial charge is 0.378 e. The molecule has 2 fully saturated rings. The molecular formula is C15H18N4O3S. The van der Waals surface area contributed by atoms with Gasteiger partial charge in [0.05, 0.1) is 19.3 Å². The van der Waals surface area contributed by atoms with Crippen LogP contribution in [0.3, 0.4) is 0 Å². The second-order valence-electron chi connectivity index (χ2n) is 6.06. The first kappa shape index (κ1) is 14.8. The predicted molar refractivity (Wildman–Crippen MR) is 86.0 cm³/mol. The Kier molecular flexibility index (Phi) is 3.67. The highest BCUT2D eigenvalue weighted by Gasteiger charge is 2.35. The van der Waals surface area contributed by atoms with E-state index in [1.54, 1.807) is 16.5 Å². The minimum Gasteiger partial charge on any atom is -0.378 e. The Morgan fingerprint density at radius 2 is 2.26 bits per heavy atom. The van der Waals surface area contributed by atoms with E-state index in [1.165, 1.54) is 21.9 Å². The third-order valence-electron chi connectivity index (χ3n) is 4.62. The van der Waals surface area contributed by atoms with Gasteiger partial charge in [0.2, 0.25) is 0 Å². The average molecular weight is 334 g/mol. The topological polar surface area (TPSA) is 67.2 Å². The molecule has 7 nitrogen and oxygen atoms in total. The first-order valence-electron chi connectivity index (χ1n) is 7.73. The lowest BCUT2D eigenvalue weighted by atomic mass is 10.1. The summed E-state index contributed by atoms with van der Waals surface area (Å²) < 4.78 is 7.03. The summed E-state index contributed by atoms with van der Waals surface area (Å²) in [5.41, 5.74) is -0.156. The van der Waals surface area contributed by atoms with Gasteiger partial charge in [-0.05, 0) is 6.92 Å². The number of rotatable bonds is 1. The molecule has 0 bridgehead atoms. The molecule has 122 valence electrons. The van der Waals surface area contributed by atoms with E-state index in [1.807, 2.05) is 0 Å². The Bertz CT molecular complexity index is 801. The van der Waals surface area contributed by atoms with Crippen LogP contribution in [0.5, 0.6) is 0 Å². The molecule has 2 aliphatic rings. The summed E-state index contributed by atoms with van der Waals surface area (Å²) in [5.74, 6) is -0.235. The highest BCUT2D eigenvalue weighted by Crippen LogP contribution is 2.19. The number of morpholine rings is 1. The van der Waals surface area contributed by atoms with Crippen molar-refractivity contribution in [1.82, 2.24) is 19.2 Å². The second kappa shape index (κ2) is 5.70. The van der Waals surface area contributed by atoms with Gasteiger partial charge in [-0.15, -0.1) is 11.3 Å². The number of carbonyl (C=O) groups is 1. The van der Waals surface area contributed by atoms with E-state index in [0.717, 1.165) is 13.2 Å². The number of fused-ring (bicyclic) bond motifs is 2. The lowest BCUT2D eigenvalue weighted by molar-refractivity contribution is -0.0700. The van der Waals surface area contributed by atoms with Gasteiger partial charge in [-0.1, -0.05) is 0 Å². The number of aromatic nitrogens is 2. The standard InChI is InChI=1S/C15H18N4O3S/c1-10-8-22-9-11-7-17(2-3-18(10)11)13(20)12-6-16-15-19(14(12)21)4-5-23-15/h4-6,10-11H,2-3,7-9H2,1H3/t10-,11+/m0/s1. The molecule has 8 heteroatoms. The van der Waals surface area contributed by atoms with Crippen LogP contribution in [-0.2, 0) is 4.74 Å². The van der Waals surface area contributed by atoms with E-state index in [-0.39, 0.29) is 23.1 Å². The minimum absolute atomic E-state index is 0.138. The molecular weight excluding hydrogens is 316 g/mol. The van der Waals surface area contributed by atoms with Crippen molar-refractivity contribution in [3.63, 3.8) is 0 Å². The SMILES string of the molecule is C[C@H]1COC[C@H]2CN(C(=O)c3cnc4sccn4c3=O)CCN21. The predicted octanol–water partition coefficient (Wildman–Crippen LogP) is 0.301. The van der Waals surface area contributed by atoms with Gasteiger partial charge in [0, 0.05) is 43.4 Å². The van der Waals surface area contributed by atoms with Gasteiger partial charge >= 0.3 is 0 Å². The van der Waals surface area contributed by atoms with Crippen molar-refractivity contribution in [3.05, 3.63) is 33.7 Å². The first-order valence-corrected chi connectivity index (χ1v) is 8.61. The smallest absolute Gasteiger partial charge is 0.271 e. The lowest BCUT2D eigenvalue weighted by Crippen LogP contribution is -2.62. The summed E-state index contributed by atoms with van der Waals surface area (Å²) in [5, 5.41) is 1.79. The van der Waals surface area contributed by atoms with Gasteiger partial charge < -0.3 is 9.64 Å².